The zero-order valence-corrected chi connectivity index (χ0v) is 10.0. The van der Waals surface area contributed by atoms with Gasteiger partial charge >= 0.3 is 18.1 Å². The number of rotatable bonds is 1. The molecule has 2 unspecified atom stereocenters. The number of amides is 1. The fraction of sp³-hybridized carbons (Fsp3) is 0.818. The molecular weight excluding hydrogens is 251 g/mol. The number of alkyl halides is 3. The molecule has 1 N–H and O–H groups in total. The molecule has 0 aromatic carbocycles. The van der Waals surface area contributed by atoms with E-state index in [1.807, 2.05) is 0 Å². The first-order chi connectivity index (χ1) is 8.04. The Kier molecular flexibility index (Phi) is 2.48. The van der Waals surface area contributed by atoms with Gasteiger partial charge in [0.25, 0.3) is 0 Å². The Balaban J connectivity index is 2.22. The van der Waals surface area contributed by atoms with Crippen LogP contribution in [0.15, 0.2) is 0 Å². The molecule has 1 amide bonds. The largest absolute Gasteiger partial charge is 0.481 e. The van der Waals surface area contributed by atoms with E-state index in [2.05, 4.69) is 0 Å². The Hall–Kier alpha value is -1.27. The van der Waals surface area contributed by atoms with Crippen molar-refractivity contribution in [1.82, 2.24) is 4.90 Å². The van der Waals surface area contributed by atoms with Crippen molar-refractivity contribution >= 4 is 11.9 Å². The third kappa shape index (κ3) is 1.39. The molecule has 0 aromatic rings. The van der Waals surface area contributed by atoms with Crippen molar-refractivity contribution in [3.05, 3.63) is 0 Å². The summed E-state index contributed by atoms with van der Waals surface area (Å²) >= 11 is 0. The van der Waals surface area contributed by atoms with E-state index in [4.69, 9.17) is 5.11 Å². The highest BCUT2D eigenvalue weighted by Crippen LogP contribution is 2.63. The van der Waals surface area contributed by atoms with Crippen molar-refractivity contribution in [3.63, 3.8) is 0 Å². The molecule has 1 saturated carbocycles. The smallest absolute Gasteiger partial charge is 0.471 e. The van der Waals surface area contributed by atoms with Crippen molar-refractivity contribution in [2.45, 2.75) is 38.4 Å². The minimum Gasteiger partial charge on any atom is -0.481 e. The molecular formula is C11H14F3NO3. The lowest BCUT2D eigenvalue weighted by molar-refractivity contribution is -0.242. The SMILES string of the molecule is CC1(C)C(C(=O)O)CC12CCN2C(=O)C(F)(F)F. The maximum atomic E-state index is 12.4. The number of carboxylic acid groups (broad SMARTS) is 1. The van der Waals surface area contributed by atoms with Gasteiger partial charge in [0.2, 0.25) is 0 Å². The van der Waals surface area contributed by atoms with Crippen LogP contribution in [0.2, 0.25) is 0 Å². The standard InChI is InChI=1S/C11H14F3NO3/c1-9(2)6(7(16)17)5-10(9)3-4-15(10)8(18)11(12,13)14/h6H,3-5H2,1-2H3,(H,16,17). The number of carbonyl (C=O) groups excluding carboxylic acids is 1. The lowest BCUT2D eigenvalue weighted by atomic mass is 9.45. The predicted molar refractivity (Wildman–Crippen MR) is 54.6 cm³/mol. The van der Waals surface area contributed by atoms with E-state index in [0.29, 0.717) is 6.42 Å². The summed E-state index contributed by atoms with van der Waals surface area (Å²) < 4.78 is 37.3. The minimum absolute atomic E-state index is 0.0497. The average molecular weight is 265 g/mol. The number of nitrogens with zero attached hydrogens (tertiary/aromatic N) is 1. The van der Waals surface area contributed by atoms with Gasteiger partial charge in [-0.25, -0.2) is 0 Å². The molecule has 1 spiro atoms. The van der Waals surface area contributed by atoms with E-state index in [1.165, 1.54) is 0 Å². The van der Waals surface area contributed by atoms with Crippen molar-refractivity contribution in [1.29, 1.82) is 0 Å². The summed E-state index contributed by atoms with van der Waals surface area (Å²) in [6.07, 6.45) is -4.35. The van der Waals surface area contributed by atoms with E-state index in [-0.39, 0.29) is 13.0 Å². The molecule has 7 heteroatoms. The van der Waals surface area contributed by atoms with E-state index in [1.54, 1.807) is 13.8 Å². The molecule has 1 aliphatic heterocycles. The highest BCUT2D eigenvalue weighted by Gasteiger charge is 2.71. The first-order valence-corrected chi connectivity index (χ1v) is 5.65. The van der Waals surface area contributed by atoms with Gasteiger partial charge in [-0.15, -0.1) is 0 Å². The second-order valence-corrected chi connectivity index (χ2v) is 5.55. The number of hydrogen-bond acceptors (Lipinski definition) is 2. The molecule has 1 saturated heterocycles. The first-order valence-electron chi connectivity index (χ1n) is 5.65. The van der Waals surface area contributed by atoms with Crippen LogP contribution < -0.4 is 0 Å². The third-order valence-corrected chi connectivity index (χ3v) is 4.66. The van der Waals surface area contributed by atoms with E-state index >= 15 is 0 Å². The van der Waals surface area contributed by atoms with Crippen LogP contribution >= 0.6 is 0 Å². The normalized spacial score (nSPS) is 33.8. The van der Waals surface area contributed by atoms with Crippen LogP contribution in [0.25, 0.3) is 0 Å². The van der Waals surface area contributed by atoms with Gasteiger partial charge in [0.05, 0.1) is 11.5 Å². The van der Waals surface area contributed by atoms with Crippen LogP contribution in [-0.4, -0.2) is 40.1 Å². The summed E-state index contributed by atoms with van der Waals surface area (Å²) in [7, 11) is 0. The number of carboxylic acids is 1. The van der Waals surface area contributed by atoms with Crippen LogP contribution in [0.5, 0.6) is 0 Å². The van der Waals surface area contributed by atoms with Crippen LogP contribution in [0.1, 0.15) is 26.7 Å². The summed E-state index contributed by atoms with van der Waals surface area (Å²) in [5.74, 6) is -3.57. The zero-order chi connectivity index (χ0) is 13.9. The molecule has 102 valence electrons. The van der Waals surface area contributed by atoms with Gasteiger partial charge in [-0.05, 0) is 12.8 Å². The second-order valence-electron chi connectivity index (χ2n) is 5.55. The fourth-order valence-electron chi connectivity index (χ4n) is 3.27. The molecule has 0 bridgehead atoms. The first kappa shape index (κ1) is 13.2. The van der Waals surface area contributed by atoms with Crippen molar-refractivity contribution in [2.24, 2.45) is 11.3 Å². The van der Waals surface area contributed by atoms with Crippen LogP contribution in [0, 0.1) is 11.3 Å². The van der Waals surface area contributed by atoms with Gasteiger partial charge in [0.1, 0.15) is 0 Å². The number of halogens is 3. The monoisotopic (exact) mass is 265 g/mol. The maximum absolute atomic E-state index is 12.4. The lowest BCUT2D eigenvalue weighted by Gasteiger charge is -2.70. The molecule has 4 nitrogen and oxygen atoms in total. The van der Waals surface area contributed by atoms with Crippen LogP contribution in [0.4, 0.5) is 13.2 Å². The van der Waals surface area contributed by atoms with Gasteiger partial charge in [0.15, 0.2) is 0 Å². The molecule has 18 heavy (non-hydrogen) atoms. The van der Waals surface area contributed by atoms with Gasteiger partial charge in [-0.3, -0.25) is 9.59 Å². The molecule has 0 radical (unpaired) electrons. The summed E-state index contributed by atoms with van der Waals surface area (Å²) in [6, 6.07) is 0. The molecule has 2 fully saturated rings. The third-order valence-electron chi connectivity index (χ3n) is 4.66. The molecule has 2 aliphatic rings. The van der Waals surface area contributed by atoms with Gasteiger partial charge in [-0.1, -0.05) is 13.8 Å². The van der Waals surface area contributed by atoms with Crippen molar-refractivity contribution in [3.8, 4) is 0 Å². The predicted octanol–water partition coefficient (Wildman–Crippen LogP) is 1.65. The van der Waals surface area contributed by atoms with Gasteiger partial charge in [-0.2, -0.15) is 13.2 Å². The second kappa shape index (κ2) is 3.39. The van der Waals surface area contributed by atoms with E-state index in [0.717, 1.165) is 4.90 Å². The highest BCUT2D eigenvalue weighted by molar-refractivity contribution is 5.85. The zero-order valence-electron chi connectivity index (χ0n) is 10.0. The molecule has 2 atom stereocenters. The van der Waals surface area contributed by atoms with Crippen LogP contribution in [0.3, 0.4) is 0 Å². The number of carbonyl (C=O) groups is 2. The molecule has 0 aromatic heterocycles. The number of likely N-dealkylation sites (tertiary alicyclic amines) is 1. The quantitative estimate of drug-likeness (QED) is 0.784. The summed E-state index contributed by atoms with van der Waals surface area (Å²) in [5.41, 5.74) is -1.75. The Bertz CT molecular complexity index is 418. The summed E-state index contributed by atoms with van der Waals surface area (Å²) in [5, 5.41) is 8.98. The average Bonchev–Trinajstić information content (AvgIpc) is 2.12. The topological polar surface area (TPSA) is 57.6 Å². The summed E-state index contributed by atoms with van der Waals surface area (Å²) in [4.78, 5) is 23.0. The Labute approximate surface area is 102 Å². The molecule has 2 rings (SSSR count). The van der Waals surface area contributed by atoms with Crippen LogP contribution in [-0.2, 0) is 9.59 Å². The van der Waals surface area contributed by atoms with Gasteiger partial charge < -0.3 is 10.0 Å². The number of aliphatic carboxylic acids is 1. The highest BCUT2D eigenvalue weighted by atomic mass is 19.4. The molecule has 1 heterocycles. The number of hydrogen-bond donors (Lipinski definition) is 1. The Morgan fingerprint density at radius 1 is 1.33 bits per heavy atom. The maximum Gasteiger partial charge on any atom is 0.471 e. The van der Waals surface area contributed by atoms with Gasteiger partial charge in [0, 0.05) is 12.0 Å². The van der Waals surface area contributed by atoms with E-state index in [9.17, 15) is 22.8 Å². The molecule has 1 aliphatic carbocycles. The lowest BCUT2D eigenvalue weighted by Crippen LogP contribution is -2.79. The Morgan fingerprint density at radius 2 is 1.89 bits per heavy atom. The van der Waals surface area contributed by atoms with Crippen molar-refractivity contribution < 1.29 is 27.9 Å². The van der Waals surface area contributed by atoms with Crippen molar-refractivity contribution in [2.75, 3.05) is 6.54 Å². The Morgan fingerprint density at radius 3 is 2.17 bits per heavy atom. The summed E-state index contributed by atoms with van der Waals surface area (Å²) in [6.45, 7) is 3.28. The minimum atomic E-state index is -4.89. The fourth-order valence-corrected chi connectivity index (χ4v) is 3.27. The van der Waals surface area contributed by atoms with E-state index < -0.39 is 34.9 Å².